The molecule has 1 unspecified atom stereocenters. The average molecular weight is 313 g/mol. The summed E-state index contributed by atoms with van der Waals surface area (Å²) in [5, 5.41) is 9.63. The van der Waals surface area contributed by atoms with Crippen LogP contribution in [0.4, 0.5) is 13.2 Å². The van der Waals surface area contributed by atoms with Gasteiger partial charge in [0.05, 0.1) is 12.0 Å². The minimum Gasteiger partial charge on any atom is -0.481 e. The monoisotopic (exact) mass is 313 g/mol. The second-order valence-electron chi connectivity index (χ2n) is 5.80. The van der Waals surface area contributed by atoms with Crippen LogP contribution in [0.3, 0.4) is 0 Å². The van der Waals surface area contributed by atoms with Gasteiger partial charge in [0.25, 0.3) is 0 Å². The van der Waals surface area contributed by atoms with Crippen LogP contribution in [0, 0.1) is 0 Å². The highest BCUT2D eigenvalue weighted by Crippen LogP contribution is 2.35. The summed E-state index contributed by atoms with van der Waals surface area (Å²) in [4.78, 5) is 10.9. The minimum absolute atomic E-state index is 0.0603. The lowest BCUT2D eigenvalue weighted by Gasteiger charge is -2.19. The summed E-state index contributed by atoms with van der Waals surface area (Å²) in [7, 11) is 0. The first-order valence-corrected chi connectivity index (χ1v) is 7.05. The van der Waals surface area contributed by atoms with Crippen molar-refractivity contribution in [3.05, 3.63) is 35.5 Å². The Balaban J connectivity index is 2.63. The first kappa shape index (κ1) is 16.4. The highest BCUT2D eigenvalue weighted by atomic mass is 19.4. The standard InChI is InChI=1S/C16H18F3NO2/c1-9(2)20-13(10(3)6-15(21)22)7-11-4-5-12(8-14(11)20)16(17,18)19/h4-5,7-10H,6H2,1-3H3,(H,21,22). The Labute approximate surface area is 126 Å². The number of aromatic nitrogens is 1. The number of aliphatic carboxylic acids is 1. The number of carbonyl (C=O) groups is 1. The molecule has 0 amide bonds. The lowest BCUT2D eigenvalue weighted by molar-refractivity contribution is -0.138. The van der Waals surface area contributed by atoms with Crippen molar-refractivity contribution in [2.24, 2.45) is 0 Å². The number of nitrogens with zero attached hydrogens (tertiary/aromatic N) is 1. The smallest absolute Gasteiger partial charge is 0.416 e. The van der Waals surface area contributed by atoms with E-state index in [4.69, 9.17) is 5.11 Å². The van der Waals surface area contributed by atoms with Crippen LogP contribution >= 0.6 is 0 Å². The van der Waals surface area contributed by atoms with Crippen molar-refractivity contribution in [3.8, 4) is 0 Å². The van der Waals surface area contributed by atoms with Gasteiger partial charge in [-0.2, -0.15) is 13.2 Å². The molecule has 6 heteroatoms. The predicted octanol–water partition coefficient (Wildman–Crippen LogP) is 4.82. The molecule has 0 saturated carbocycles. The fourth-order valence-electron chi connectivity index (χ4n) is 2.74. The Hall–Kier alpha value is -1.98. The Morgan fingerprint density at radius 2 is 1.86 bits per heavy atom. The van der Waals surface area contributed by atoms with Crippen LogP contribution in [-0.4, -0.2) is 15.6 Å². The van der Waals surface area contributed by atoms with E-state index in [2.05, 4.69) is 0 Å². The van der Waals surface area contributed by atoms with Crippen molar-refractivity contribution >= 4 is 16.9 Å². The van der Waals surface area contributed by atoms with Crippen molar-refractivity contribution in [1.82, 2.24) is 4.57 Å². The number of rotatable bonds is 4. The summed E-state index contributed by atoms with van der Waals surface area (Å²) in [6.07, 6.45) is -4.46. The van der Waals surface area contributed by atoms with Crippen LogP contribution in [0.2, 0.25) is 0 Å². The van der Waals surface area contributed by atoms with Gasteiger partial charge in [-0.15, -0.1) is 0 Å². The van der Waals surface area contributed by atoms with Crippen LogP contribution in [0.25, 0.3) is 10.9 Å². The molecule has 0 aliphatic carbocycles. The summed E-state index contributed by atoms with van der Waals surface area (Å²) < 4.78 is 40.5. The minimum atomic E-state index is -4.40. The molecule has 0 aliphatic heterocycles. The maximum absolute atomic E-state index is 12.9. The molecule has 1 heterocycles. The molecule has 0 bridgehead atoms. The first-order valence-electron chi connectivity index (χ1n) is 7.05. The van der Waals surface area contributed by atoms with Gasteiger partial charge < -0.3 is 9.67 Å². The van der Waals surface area contributed by atoms with E-state index in [-0.39, 0.29) is 18.4 Å². The van der Waals surface area contributed by atoms with Crippen molar-refractivity contribution < 1.29 is 23.1 Å². The Morgan fingerprint density at radius 1 is 1.23 bits per heavy atom. The lowest BCUT2D eigenvalue weighted by atomic mass is 10.0. The zero-order chi connectivity index (χ0) is 16.7. The third-order valence-electron chi connectivity index (χ3n) is 3.70. The summed E-state index contributed by atoms with van der Waals surface area (Å²) in [6, 6.07) is 5.34. The van der Waals surface area contributed by atoms with E-state index in [1.807, 2.05) is 13.8 Å². The molecular weight excluding hydrogens is 295 g/mol. The Morgan fingerprint density at radius 3 is 2.36 bits per heavy atom. The van der Waals surface area contributed by atoms with Crippen LogP contribution in [-0.2, 0) is 11.0 Å². The van der Waals surface area contributed by atoms with Gasteiger partial charge in [0.15, 0.2) is 0 Å². The van der Waals surface area contributed by atoms with E-state index in [1.165, 1.54) is 6.07 Å². The molecule has 2 aromatic rings. The first-order chi connectivity index (χ1) is 10.1. The Bertz CT molecular complexity index is 701. The molecule has 0 spiro atoms. The van der Waals surface area contributed by atoms with Gasteiger partial charge in [0, 0.05) is 23.2 Å². The maximum Gasteiger partial charge on any atom is 0.416 e. The van der Waals surface area contributed by atoms with Gasteiger partial charge in [-0.05, 0) is 37.4 Å². The van der Waals surface area contributed by atoms with E-state index < -0.39 is 17.7 Å². The van der Waals surface area contributed by atoms with Crippen LogP contribution < -0.4 is 0 Å². The number of carboxylic acids is 1. The molecule has 120 valence electrons. The SMILES string of the molecule is CC(CC(=O)O)c1cc2ccc(C(F)(F)F)cc2n1C(C)C. The van der Waals surface area contributed by atoms with Crippen molar-refractivity contribution in [3.63, 3.8) is 0 Å². The number of benzene rings is 1. The topological polar surface area (TPSA) is 42.2 Å². The zero-order valence-electron chi connectivity index (χ0n) is 12.6. The van der Waals surface area contributed by atoms with Gasteiger partial charge in [-0.25, -0.2) is 0 Å². The van der Waals surface area contributed by atoms with E-state index in [9.17, 15) is 18.0 Å². The molecule has 0 aliphatic rings. The maximum atomic E-state index is 12.9. The average Bonchev–Trinajstić information content (AvgIpc) is 2.75. The van der Waals surface area contributed by atoms with Gasteiger partial charge >= 0.3 is 12.1 Å². The van der Waals surface area contributed by atoms with Gasteiger partial charge in [0.1, 0.15) is 0 Å². The second kappa shape index (κ2) is 5.66. The molecule has 1 aromatic carbocycles. The number of carboxylic acid groups (broad SMARTS) is 1. The fraction of sp³-hybridized carbons (Fsp3) is 0.438. The molecule has 3 nitrogen and oxygen atoms in total. The molecule has 0 radical (unpaired) electrons. The van der Waals surface area contributed by atoms with Gasteiger partial charge in [0.2, 0.25) is 0 Å². The predicted molar refractivity (Wildman–Crippen MR) is 78.0 cm³/mol. The largest absolute Gasteiger partial charge is 0.481 e. The van der Waals surface area contributed by atoms with Gasteiger partial charge in [-0.1, -0.05) is 13.0 Å². The molecular formula is C16H18F3NO2. The molecule has 1 N–H and O–H groups in total. The van der Waals surface area contributed by atoms with Crippen LogP contribution in [0.1, 0.15) is 50.4 Å². The van der Waals surface area contributed by atoms with Crippen LogP contribution in [0.5, 0.6) is 0 Å². The number of fused-ring (bicyclic) bond motifs is 1. The molecule has 2 rings (SSSR count). The zero-order valence-corrected chi connectivity index (χ0v) is 12.6. The number of halogens is 3. The molecule has 0 fully saturated rings. The fourth-order valence-corrected chi connectivity index (χ4v) is 2.74. The highest BCUT2D eigenvalue weighted by Gasteiger charge is 2.31. The van der Waals surface area contributed by atoms with Crippen molar-refractivity contribution in [2.75, 3.05) is 0 Å². The van der Waals surface area contributed by atoms with Crippen molar-refractivity contribution in [2.45, 2.75) is 45.3 Å². The number of hydrogen-bond donors (Lipinski definition) is 1. The van der Waals surface area contributed by atoms with E-state index in [1.54, 1.807) is 17.6 Å². The van der Waals surface area contributed by atoms with E-state index >= 15 is 0 Å². The highest BCUT2D eigenvalue weighted by molar-refractivity contribution is 5.83. The Kier molecular flexibility index (Phi) is 4.22. The molecule has 1 atom stereocenters. The quantitative estimate of drug-likeness (QED) is 0.879. The lowest BCUT2D eigenvalue weighted by Crippen LogP contribution is -2.11. The molecule has 22 heavy (non-hydrogen) atoms. The van der Waals surface area contributed by atoms with E-state index in [0.29, 0.717) is 10.9 Å². The number of alkyl halides is 3. The molecule has 1 aromatic heterocycles. The third kappa shape index (κ3) is 3.10. The number of hydrogen-bond acceptors (Lipinski definition) is 1. The third-order valence-corrected chi connectivity index (χ3v) is 3.70. The summed E-state index contributed by atoms with van der Waals surface area (Å²) >= 11 is 0. The molecule has 0 saturated heterocycles. The van der Waals surface area contributed by atoms with E-state index in [0.717, 1.165) is 17.8 Å². The second-order valence-corrected chi connectivity index (χ2v) is 5.80. The summed E-state index contributed by atoms with van der Waals surface area (Å²) in [5.74, 6) is -1.20. The summed E-state index contributed by atoms with van der Waals surface area (Å²) in [5.41, 5.74) is 0.529. The van der Waals surface area contributed by atoms with Crippen LogP contribution in [0.15, 0.2) is 24.3 Å². The van der Waals surface area contributed by atoms with Crippen molar-refractivity contribution in [1.29, 1.82) is 0 Å². The van der Waals surface area contributed by atoms with Gasteiger partial charge in [-0.3, -0.25) is 4.79 Å². The normalized spacial score (nSPS) is 13.8. The summed E-state index contributed by atoms with van der Waals surface area (Å²) in [6.45, 7) is 5.51.